The number of para-hydroxylation sites is 1. The van der Waals surface area contributed by atoms with Gasteiger partial charge >= 0.3 is 5.97 Å². The minimum atomic E-state index is -0.731. The zero-order valence-corrected chi connectivity index (χ0v) is 11.5. The molecule has 0 heterocycles. The van der Waals surface area contributed by atoms with Gasteiger partial charge in [-0.1, -0.05) is 38.5 Å². The maximum absolute atomic E-state index is 11.0. The van der Waals surface area contributed by atoms with E-state index < -0.39 is 5.97 Å². The number of anilines is 1. The summed E-state index contributed by atoms with van der Waals surface area (Å²) in [4.78, 5) is 13.2. The van der Waals surface area contributed by atoms with E-state index in [1.165, 1.54) is 5.56 Å². The first-order valence-corrected chi connectivity index (χ1v) is 6.59. The third-order valence-electron chi connectivity index (χ3n) is 3.15. The van der Waals surface area contributed by atoms with Crippen LogP contribution in [0.2, 0.25) is 0 Å². The van der Waals surface area contributed by atoms with Crippen LogP contribution in [-0.2, 0) is 4.79 Å². The van der Waals surface area contributed by atoms with Crippen LogP contribution in [0.3, 0.4) is 0 Å². The lowest BCUT2D eigenvalue weighted by atomic mass is 10.1. The van der Waals surface area contributed by atoms with E-state index in [2.05, 4.69) is 30.9 Å². The number of nitrogens with zero attached hydrogens (tertiary/aromatic N) is 1. The minimum Gasteiger partial charge on any atom is -0.481 e. The summed E-state index contributed by atoms with van der Waals surface area (Å²) in [5.74, 6) is -1.08. The fraction of sp³-hybridized carbons (Fsp3) is 0.533. The summed E-state index contributed by atoms with van der Waals surface area (Å²) in [6.07, 6.45) is 2.20. The van der Waals surface area contributed by atoms with E-state index >= 15 is 0 Å². The molecule has 0 saturated carbocycles. The number of hydrogen-bond acceptors (Lipinski definition) is 2. The maximum atomic E-state index is 11.0. The van der Waals surface area contributed by atoms with Crippen molar-refractivity contribution >= 4 is 11.7 Å². The van der Waals surface area contributed by atoms with E-state index in [0.29, 0.717) is 6.54 Å². The van der Waals surface area contributed by atoms with Gasteiger partial charge in [0.05, 0.1) is 5.92 Å². The van der Waals surface area contributed by atoms with Crippen LogP contribution in [0.4, 0.5) is 5.69 Å². The number of carboxylic acid groups (broad SMARTS) is 1. The van der Waals surface area contributed by atoms with Gasteiger partial charge in [0.15, 0.2) is 0 Å². The molecule has 18 heavy (non-hydrogen) atoms. The smallest absolute Gasteiger partial charge is 0.308 e. The summed E-state index contributed by atoms with van der Waals surface area (Å²) in [5, 5.41) is 9.05. The van der Waals surface area contributed by atoms with Crippen LogP contribution in [0.5, 0.6) is 0 Å². The van der Waals surface area contributed by atoms with Gasteiger partial charge in [-0.25, -0.2) is 0 Å². The Morgan fingerprint density at radius 2 is 2.06 bits per heavy atom. The molecule has 1 rings (SSSR count). The van der Waals surface area contributed by atoms with Gasteiger partial charge in [0.2, 0.25) is 0 Å². The van der Waals surface area contributed by atoms with Crippen molar-refractivity contribution in [2.45, 2.75) is 33.6 Å². The van der Waals surface area contributed by atoms with Crippen LogP contribution in [0, 0.1) is 12.8 Å². The van der Waals surface area contributed by atoms with E-state index in [1.54, 1.807) is 6.92 Å². The Kier molecular flexibility index (Phi) is 5.69. The summed E-state index contributed by atoms with van der Waals surface area (Å²) < 4.78 is 0. The highest BCUT2D eigenvalue weighted by Crippen LogP contribution is 2.21. The Morgan fingerprint density at radius 3 is 2.61 bits per heavy atom. The molecule has 0 bridgehead atoms. The highest BCUT2D eigenvalue weighted by molar-refractivity contribution is 5.70. The SMILES string of the molecule is CCCCN(CC(C)C(=O)O)c1ccccc1C. The summed E-state index contributed by atoms with van der Waals surface area (Å²) in [6.45, 7) is 7.47. The zero-order chi connectivity index (χ0) is 13.5. The van der Waals surface area contributed by atoms with Crippen LogP contribution >= 0.6 is 0 Å². The van der Waals surface area contributed by atoms with Gasteiger partial charge in [-0.2, -0.15) is 0 Å². The quantitative estimate of drug-likeness (QED) is 0.806. The fourth-order valence-electron chi connectivity index (χ4n) is 1.99. The molecule has 1 atom stereocenters. The largest absolute Gasteiger partial charge is 0.481 e. The molecule has 1 unspecified atom stereocenters. The average Bonchev–Trinajstić information content (AvgIpc) is 2.35. The lowest BCUT2D eigenvalue weighted by molar-refractivity contribution is -0.140. The van der Waals surface area contributed by atoms with Gasteiger partial charge < -0.3 is 10.0 Å². The van der Waals surface area contributed by atoms with Crippen molar-refractivity contribution in [3.8, 4) is 0 Å². The Hall–Kier alpha value is -1.51. The molecule has 0 fully saturated rings. The van der Waals surface area contributed by atoms with Gasteiger partial charge in [0.1, 0.15) is 0 Å². The first-order valence-electron chi connectivity index (χ1n) is 6.59. The number of carbonyl (C=O) groups is 1. The lowest BCUT2D eigenvalue weighted by Crippen LogP contribution is -2.33. The molecule has 0 radical (unpaired) electrons. The van der Waals surface area contributed by atoms with E-state index in [0.717, 1.165) is 25.1 Å². The topological polar surface area (TPSA) is 40.5 Å². The Labute approximate surface area is 109 Å². The highest BCUT2D eigenvalue weighted by Gasteiger charge is 2.17. The molecule has 0 aliphatic carbocycles. The molecule has 0 saturated heterocycles. The average molecular weight is 249 g/mol. The molecule has 1 aromatic carbocycles. The predicted molar refractivity (Wildman–Crippen MR) is 75.1 cm³/mol. The van der Waals surface area contributed by atoms with Gasteiger partial charge in [-0.3, -0.25) is 4.79 Å². The number of hydrogen-bond donors (Lipinski definition) is 1. The molecule has 100 valence electrons. The van der Waals surface area contributed by atoms with Crippen molar-refractivity contribution in [1.82, 2.24) is 0 Å². The van der Waals surface area contributed by atoms with Crippen LogP contribution in [0.25, 0.3) is 0 Å². The number of unbranched alkanes of at least 4 members (excludes halogenated alkanes) is 1. The monoisotopic (exact) mass is 249 g/mol. The van der Waals surface area contributed by atoms with Gasteiger partial charge in [-0.05, 0) is 25.0 Å². The van der Waals surface area contributed by atoms with Crippen molar-refractivity contribution in [3.05, 3.63) is 29.8 Å². The van der Waals surface area contributed by atoms with Crippen LogP contribution in [0.1, 0.15) is 32.3 Å². The number of carboxylic acids is 1. The molecule has 1 aromatic rings. The van der Waals surface area contributed by atoms with E-state index in [9.17, 15) is 4.79 Å². The minimum absolute atomic E-state index is 0.346. The summed E-state index contributed by atoms with van der Waals surface area (Å²) in [6, 6.07) is 8.16. The first-order chi connectivity index (χ1) is 8.56. The molecule has 0 aliphatic rings. The van der Waals surface area contributed by atoms with Crippen molar-refractivity contribution in [2.24, 2.45) is 5.92 Å². The van der Waals surface area contributed by atoms with Crippen molar-refractivity contribution < 1.29 is 9.90 Å². The lowest BCUT2D eigenvalue weighted by Gasteiger charge is -2.28. The Bertz CT molecular complexity index is 390. The second-order valence-electron chi connectivity index (χ2n) is 4.83. The Balaban J connectivity index is 2.84. The Morgan fingerprint density at radius 1 is 1.39 bits per heavy atom. The molecule has 0 spiro atoms. The predicted octanol–water partition coefficient (Wildman–Crippen LogP) is 3.32. The maximum Gasteiger partial charge on any atom is 0.308 e. The van der Waals surface area contributed by atoms with Crippen molar-refractivity contribution in [2.75, 3.05) is 18.0 Å². The molecule has 1 N–H and O–H groups in total. The van der Waals surface area contributed by atoms with Gasteiger partial charge in [0, 0.05) is 18.8 Å². The van der Waals surface area contributed by atoms with E-state index in [4.69, 9.17) is 5.11 Å². The fourth-order valence-corrected chi connectivity index (χ4v) is 1.99. The second-order valence-corrected chi connectivity index (χ2v) is 4.83. The van der Waals surface area contributed by atoms with Crippen LogP contribution < -0.4 is 4.90 Å². The van der Waals surface area contributed by atoms with Gasteiger partial charge in [0.25, 0.3) is 0 Å². The van der Waals surface area contributed by atoms with Gasteiger partial charge in [-0.15, -0.1) is 0 Å². The molecule has 0 amide bonds. The molecule has 0 aliphatic heterocycles. The standard InChI is InChI=1S/C15H23NO2/c1-4-5-10-16(11-13(3)15(17)18)14-9-7-6-8-12(14)2/h6-9,13H,4-5,10-11H2,1-3H3,(H,17,18). The first kappa shape index (κ1) is 14.6. The molecule has 0 aromatic heterocycles. The third kappa shape index (κ3) is 4.06. The summed E-state index contributed by atoms with van der Waals surface area (Å²) in [5.41, 5.74) is 2.35. The number of aliphatic carboxylic acids is 1. The third-order valence-corrected chi connectivity index (χ3v) is 3.15. The van der Waals surface area contributed by atoms with Crippen molar-refractivity contribution in [3.63, 3.8) is 0 Å². The normalized spacial score (nSPS) is 12.2. The van der Waals surface area contributed by atoms with E-state index in [-0.39, 0.29) is 5.92 Å². The van der Waals surface area contributed by atoms with Crippen molar-refractivity contribution in [1.29, 1.82) is 0 Å². The number of rotatable bonds is 7. The second kappa shape index (κ2) is 7.04. The zero-order valence-electron chi connectivity index (χ0n) is 11.5. The highest BCUT2D eigenvalue weighted by atomic mass is 16.4. The molecule has 3 nitrogen and oxygen atoms in total. The molecular formula is C15H23NO2. The van der Waals surface area contributed by atoms with E-state index in [1.807, 2.05) is 12.1 Å². The number of aryl methyl sites for hydroxylation is 1. The number of benzene rings is 1. The summed E-state index contributed by atoms with van der Waals surface area (Å²) in [7, 11) is 0. The summed E-state index contributed by atoms with van der Waals surface area (Å²) >= 11 is 0. The molecular weight excluding hydrogens is 226 g/mol. The van der Waals surface area contributed by atoms with Crippen LogP contribution in [-0.4, -0.2) is 24.2 Å². The van der Waals surface area contributed by atoms with Crippen LogP contribution in [0.15, 0.2) is 24.3 Å². The molecule has 3 heteroatoms.